The van der Waals surface area contributed by atoms with Crippen molar-refractivity contribution in [2.24, 2.45) is 17.8 Å². The highest BCUT2D eigenvalue weighted by Gasteiger charge is 2.36. The Kier molecular flexibility index (Phi) is 17.7. The molecule has 3 amide bonds. The second kappa shape index (κ2) is 20.8. The van der Waals surface area contributed by atoms with Crippen molar-refractivity contribution in [2.75, 3.05) is 33.7 Å². The molecule has 4 N–H and O–H groups in total. The summed E-state index contributed by atoms with van der Waals surface area (Å²) < 4.78 is 38.3. The first-order valence-corrected chi connectivity index (χ1v) is 17.1. The van der Waals surface area contributed by atoms with Crippen molar-refractivity contribution in [3.8, 4) is 24.7 Å². The smallest absolute Gasteiger partial charge is 0.389 e. The van der Waals surface area contributed by atoms with Crippen LogP contribution in [0.15, 0.2) is 30.3 Å². The normalized spacial score (nSPS) is 17.4. The maximum Gasteiger partial charge on any atom is 0.401 e. The summed E-state index contributed by atoms with van der Waals surface area (Å²) in [5, 5.41) is 27.2. The number of aliphatic hydroxyl groups is 2. The van der Waals surface area contributed by atoms with E-state index in [0.717, 1.165) is 42.6 Å². The van der Waals surface area contributed by atoms with Gasteiger partial charge in [-0.15, -0.1) is 24.7 Å². The zero-order chi connectivity index (χ0) is 36.6. The molecule has 0 spiro atoms. The van der Waals surface area contributed by atoms with Gasteiger partial charge in [0.25, 0.3) is 0 Å². The highest BCUT2D eigenvalue weighted by molar-refractivity contribution is 5.91. The number of alkyl halides is 3. The van der Waals surface area contributed by atoms with Gasteiger partial charge in [0.05, 0.1) is 24.6 Å². The van der Waals surface area contributed by atoms with Gasteiger partial charge < -0.3 is 25.7 Å². The van der Waals surface area contributed by atoms with Crippen LogP contribution >= 0.6 is 0 Å². The fourth-order valence-electron chi connectivity index (χ4n) is 6.27. The quantitative estimate of drug-likeness (QED) is 0.165. The summed E-state index contributed by atoms with van der Waals surface area (Å²) in [5.74, 6) is 1.82. The highest BCUT2D eigenvalue weighted by atomic mass is 19.4. The maximum atomic E-state index is 13.9. The second-order valence-electron chi connectivity index (χ2n) is 13.2. The molecule has 0 aliphatic heterocycles. The Balaban J connectivity index is 2.28. The number of aliphatic hydroxyl groups excluding tert-OH is 2. The minimum Gasteiger partial charge on any atom is -0.389 e. The van der Waals surface area contributed by atoms with Gasteiger partial charge in [-0.1, -0.05) is 69.4 Å². The van der Waals surface area contributed by atoms with Gasteiger partial charge in [0.1, 0.15) is 12.1 Å². The largest absolute Gasteiger partial charge is 0.401 e. The van der Waals surface area contributed by atoms with Crippen molar-refractivity contribution in [3.63, 3.8) is 0 Å². The monoisotopic (exact) mass is 690 g/mol. The summed E-state index contributed by atoms with van der Waals surface area (Å²) in [4.78, 5) is 43.5. The second-order valence-corrected chi connectivity index (χ2v) is 13.2. The fraction of sp³-hybridized carbons (Fsp3) is 0.649. The number of likely N-dealkylation sites (N-methyl/N-ethyl adjacent to an activating group) is 2. The number of nitrogens with zero attached hydrogens (tertiary/aromatic N) is 2. The minimum atomic E-state index is -4.37. The van der Waals surface area contributed by atoms with E-state index in [4.69, 9.17) is 12.8 Å². The van der Waals surface area contributed by atoms with E-state index in [2.05, 4.69) is 22.5 Å². The van der Waals surface area contributed by atoms with Gasteiger partial charge in [0, 0.05) is 38.9 Å². The molecule has 1 fully saturated rings. The van der Waals surface area contributed by atoms with Crippen LogP contribution in [0.1, 0.15) is 70.3 Å². The lowest BCUT2D eigenvalue weighted by molar-refractivity contribution is -0.144. The van der Waals surface area contributed by atoms with Crippen molar-refractivity contribution in [3.05, 3.63) is 35.9 Å². The third kappa shape index (κ3) is 14.8. The fourth-order valence-corrected chi connectivity index (χ4v) is 6.27. The SMILES string of the molecule is C#CC[C@H](O)[C@H](O)[C@H](CC1CCCCC1)NC(=O)[C@@H](NC(=O)[C@@H](CC(=O)N(C)CCN(C)CC(F)(F)F)Cc1ccccc1)C(C#C)CC. The average molecular weight is 691 g/mol. The van der Waals surface area contributed by atoms with Gasteiger partial charge in [-0.25, -0.2) is 0 Å². The highest BCUT2D eigenvalue weighted by Crippen LogP contribution is 2.29. The van der Waals surface area contributed by atoms with Gasteiger partial charge in [-0.2, -0.15) is 13.2 Å². The Morgan fingerprint density at radius 2 is 1.65 bits per heavy atom. The van der Waals surface area contributed by atoms with Crippen molar-refractivity contribution in [1.29, 1.82) is 0 Å². The molecule has 0 radical (unpaired) electrons. The molecular formula is C37H53F3N4O5. The molecule has 1 aromatic rings. The van der Waals surface area contributed by atoms with Crippen molar-refractivity contribution >= 4 is 17.7 Å². The summed E-state index contributed by atoms with van der Waals surface area (Å²) >= 11 is 0. The first-order valence-electron chi connectivity index (χ1n) is 17.1. The minimum absolute atomic E-state index is 0.0152. The number of hydrogen-bond acceptors (Lipinski definition) is 6. The van der Waals surface area contributed by atoms with Crippen molar-refractivity contribution in [2.45, 2.75) is 102 Å². The number of halogens is 3. The molecule has 1 aliphatic carbocycles. The Morgan fingerprint density at radius 3 is 2.22 bits per heavy atom. The predicted octanol–water partition coefficient (Wildman–Crippen LogP) is 3.53. The number of amides is 3. The zero-order valence-corrected chi connectivity index (χ0v) is 28.9. The molecular weight excluding hydrogens is 637 g/mol. The lowest BCUT2D eigenvalue weighted by atomic mass is 9.82. The van der Waals surface area contributed by atoms with Crippen LogP contribution < -0.4 is 10.6 Å². The van der Waals surface area contributed by atoms with E-state index in [9.17, 15) is 37.8 Å². The van der Waals surface area contributed by atoms with Crippen LogP contribution in [0.25, 0.3) is 0 Å². The number of nitrogens with one attached hydrogen (secondary N) is 2. The molecule has 1 aliphatic rings. The molecule has 1 aromatic carbocycles. The molecule has 9 nitrogen and oxygen atoms in total. The summed E-state index contributed by atoms with van der Waals surface area (Å²) in [6, 6.07) is 6.95. The lowest BCUT2D eigenvalue weighted by Gasteiger charge is -2.34. The summed E-state index contributed by atoms with van der Waals surface area (Å²) in [6.45, 7) is 0.648. The predicted molar refractivity (Wildman–Crippen MR) is 183 cm³/mol. The van der Waals surface area contributed by atoms with E-state index in [1.807, 2.05) is 6.07 Å². The van der Waals surface area contributed by atoms with E-state index in [1.54, 1.807) is 31.2 Å². The molecule has 0 aromatic heterocycles. The van der Waals surface area contributed by atoms with Crippen LogP contribution in [-0.4, -0.2) is 102 Å². The molecule has 0 saturated heterocycles. The first kappa shape index (κ1) is 41.6. The number of hydrogen-bond donors (Lipinski definition) is 4. The summed E-state index contributed by atoms with van der Waals surface area (Å²) in [6.07, 6.45) is 9.75. The third-order valence-corrected chi connectivity index (χ3v) is 9.22. The molecule has 2 rings (SSSR count). The van der Waals surface area contributed by atoms with Crippen LogP contribution in [0.2, 0.25) is 0 Å². The Bertz CT molecular complexity index is 1260. The van der Waals surface area contributed by atoms with Gasteiger partial charge >= 0.3 is 6.18 Å². The Morgan fingerprint density at radius 1 is 1.00 bits per heavy atom. The van der Waals surface area contributed by atoms with Gasteiger partial charge in [0.15, 0.2) is 0 Å². The van der Waals surface area contributed by atoms with Gasteiger partial charge in [-0.3, -0.25) is 19.3 Å². The molecule has 12 heteroatoms. The molecule has 0 heterocycles. The van der Waals surface area contributed by atoms with E-state index < -0.39 is 66.6 Å². The van der Waals surface area contributed by atoms with Crippen LogP contribution in [0.4, 0.5) is 13.2 Å². The number of rotatable bonds is 19. The number of terminal acetylenes is 2. The van der Waals surface area contributed by atoms with Crippen LogP contribution in [-0.2, 0) is 20.8 Å². The Labute approximate surface area is 289 Å². The number of carbonyl (C=O) groups is 3. The van der Waals surface area contributed by atoms with Crippen molar-refractivity contribution < 1.29 is 37.8 Å². The van der Waals surface area contributed by atoms with E-state index >= 15 is 0 Å². The van der Waals surface area contributed by atoms with Gasteiger partial charge in [0.2, 0.25) is 17.7 Å². The molecule has 1 saturated carbocycles. The summed E-state index contributed by atoms with van der Waals surface area (Å²) in [5.41, 5.74) is 0.770. The van der Waals surface area contributed by atoms with E-state index in [-0.39, 0.29) is 38.3 Å². The van der Waals surface area contributed by atoms with E-state index in [0.29, 0.717) is 12.8 Å². The number of benzene rings is 1. The van der Waals surface area contributed by atoms with Crippen LogP contribution in [0.5, 0.6) is 0 Å². The average Bonchev–Trinajstić information content (AvgIpc) is 3.06. The van der Waals surface area contributed by atoms with E-state index in [1.165, 1.54) is 19.0 Å². The lowest BCUT2D eigenvalue weighted by Crippen LogP contribution is -2.57. The van der Waals surface area contributed by atoms with Crippen molar-refractivity contribution in [1.82, 2.24) is 20.4 Å². The standard InChI is InChI=1S/C37H53F3N4O5/c1-6-15-31(45)34(47)30(23-27-18-13-10-14-19-27)41-36(49)33(28(7-2)8-3)42-35(48)29(22-26-16-11-9-12-17-26)24-32(46)44(5)21-20-43(4)25-37(38,39)40/h1-2,9,11-12,16-17,27-31,33-34,45,47H,8,10,13-15,18-25H2,3-5H3,(H,41,49)(H,42,48)/t28?,29-,30+,31+,33+,34-/m1/s1. The summed E-state index contributed by atoms with van der Waals surface area (Å²) in [7, 11) is 2.78. The van der Waals surface area contributed by atoms with Gasteiger partial charge in [-0.05, 0) is 37.8 Å². The maximum absolute atomic E-state index is 13.9. The molecule has 272 valence electrons. The van der Waals surface area contributed by atoms with Crippen LogP contribution in [0.3, 0.4) is 0 Å². The zero-order valence-electron chi connectivity index (χ0n) is 28.9. The molecule has 6 atom stereocenters. The molecule has 49 heavy (non-hydrogen) atoms. The number of carbonyl (C=O) groups excluding carboxylic acids is 3. The van der Waals surface area contributed by atoms with Crippen LogP contribution in [0, 0.1) is 42.4 Å². The topological polar surface area (TPSA) is 122 Å². The third-order valence-electron chi connectivity index (χ3n) is 9.22. The molecule has 0 bridgehead atoms. The first-order chi connectivity index (χ1) is 23.2. The Hall–Kier alpha value is -3.58. The molecule has 1 unspecified atom stereocenters.